The molecular formula is C14H17FN4OS. The van der Waals surface area contributed by atoms with Crippen molar-refractivity contribution in [3.63, 3.8) is 0 Å². The summed E-state index contributed by atoms with van der Waals surface area (Å²) in [4.78, 5) is 12.2. The molecule has 0 saturated heterocycles. The second-order valence-electron chi connectivity index (χ2n) is 5.12. The van der Waals surface area contributed by atoms with Gasteiger partial charge in [0.05, 0.1) is 11.6 Å². The number of halogens is 1. The van der Waals surface area contributed by atoms with Gasteiger partial charge in [-0.25, -0.2) is 4.39 Å². The number of nitrogens with zero attached hydrogens (tertiary/aromatic N) is 2. The van der Waals surface area contributed by atoms with Crippen LogP contribution in [0.25, 0.3) is 0 Å². The number of carbonyl (C=O) groups excluding carboxylic acids is 1. The molecule has 1 heterocycles. The fraction of sp³-hybridized carbons (Fsp3) is 0.357. The fourth-order valence-electron chi connectivity index (χ4n) is 2.03. The molecular weight excluding hydrogens is 291 g/mol. The predicted molar refractivity (Wildman–Crippen MR) is 79.8 cm³/mol. The zero-order chi connectivity index (χ0) is 15.6. The normalized spacial score (nSPS) is 12.4. The van der Waals surface area contributed by atoms with Crippen molar-refractivity contribution >= 4 is 18.1 Å². The summed E-state index contributed by atoms with van der Waals surface area (Å²) in [6, 6.07) is 5.51. The van der Waals surface area contributed by atoms with Gasteiger partial charge in [-0.05, 0) is 30.3 Å². The van der Waals surface area contributed by atoms with Crippen LogP contribution in [0.3, 0.4) is 0 Å². The highest BCUT2D eigenvalue weighted by atomic mass is 32.1. The summed E-state index contributed by atoms with van der Waals surface area (Å²) in [7, 11) is 1.77. The minimum atomic E-state index is -0.548. The molecule has 2 N–H and O–H groups in total. The molecule has 0 aliphatic heterocycles. The minimum absolute atomic E-state index is 0.0138. The molecule has 2 aromatic rings. The van der Waals surface area contributed by atoms with Crippen molar-refractivity contribution in [3.8, 4) is 0 Å². The van der Waals surface area contributed by atoms with E-state index in [0.717, 1.165) is 0 Å². The van der Waals surface area contributed by atoms with Gasteiger partial charge in [-0.1, -0.05) is 26.0 Å². The molecule has 0 bridgehead atoms. The highest BCUT2D eigenvalue weighted by molar-refractivity contribution is 7.71. The van der Waals surface area contributed by atoms with Crippen molar-refractivity contribution in [1.82, 2.24) is 20.1 Å². The highest BCUT2D eigenvalue weighted by Crippen LogP contribution is 2.20. The van der Waals surface area contributed by atoms with Gasteiger partial charge in [0.1, 0.15) is 5.82 Å². The number of benzene rings is 1. The Labute approximate surface area is 127 Å². The lowest BCUT2D eigenvalue weighted by molar-refractivity contribution is 0.0918. The first kappa shape index (κ1) is 15.4. The summed E-state index contributed by atoms with van der Waals surface area (Å²) < 4.78 is 15.8. The zero-order valence-electron chi connectivity index (χ0n) is 12.1. The van der Waals surface area contributed by atoms with E-state index in [1.54, 1.807) is 23.7 Å². The van der Waals surface area contributed by atoms with Crippen LogP contribution in [-0.2, 0) is 7.05 Å². The molecule has 0 aliphatic rings. The Bertz CT molecular complexity index is 707. The van der Waals surface area contributed by atoms with Crippen LogP contribution in [0.1, 0.15) is 36.1 Å². The average Bonchev–Trinajstić information content (AvgIpc) is 2.76. The third kappa shape index (κ3) is 3.18. The van der Waals surface area contributed by atoms with E-state index in [-0.39, 0.29) is 17.5 Å². The molecule has 1 aromatic heterocycles. The second kappa shape index (κ2) is 6.17. The first-order valence-corrected chi connectivity index (χ1v) is 6.99. The van der Waals surface area contributed by atoms with E-state index in [1.807, 2.05) is 13.8 Å². The second-order valence-corrected chi connectivity index (χ2v) is 5.51. The van der Waals surface area contributed by atoms with Crippen LogP contribution in [0.2, 0.25) is 0 Å². The molecule has 0 radical (unpaired) electrons. The van der Waals surface area contributed by atoms with E-state index >= 15 is 0 Å². The molecule has 7 heteroatoms. The van der Waals surface area contributed by atoms with Crippen molar-refractivity contribution < 1.29 is 9.18 Å². The topological polar surface area (TPSA) is 62.7 Å². The average molecular weight is 308 g/mol. The van der Waals surface area contributed by atoms with Crippen LogP contribution in [0, 0.1) is 16.5 Å². The molecule has 0 spiro atoms. The fourth-order valence-corrected chi connectivity index (χ4v) is 2.17. The summed E-state index contributed by atoms with van der Waals surface area (Å²) in [5.74, 6) is -0.335. The van der Waals surface area contributed by atoms with Crippen molar-refractivity contribution in [2.45, 2.75) is 19.9 Å². The minimum Gasteiger partial charge on any atom is -0.342 e. The van der Waals surface area contributed by atoms with E-state index in [9.17, 15) is 9.18 Å². The van der Waals surface area contributed by atoms with Crippen LogP contribution >= 0.6 is 12.2 Å². The first-order valence-electron chi connectivity index (χ1n) is 6.58. The maximum absolute atomic E-state index is 13.7. The number of hydrogen-bond donors (Lipinski definition) is 2. The van der Waals surface area contributed by atoms with E-state index < -0.39 is 11.7 Å². The Morgan fingerprint density at radius 3 is 2.62 bits per heavy atom. The number of rotatable bonds is 4. The SMILES string of the molecule is CC(C)C(NC(=O)c1ccccc1F)c1n[nH]c(=S)n1C. The van der Waals surface area contributed by atoms with Gasteiger partial charge in [0.2, 0.25) is 0 Å². The maximum Gasteiger partial charge on any atom is 0.254 e. The van der Waals surface area contributed by atoms with Gasteiger partial charge in [0, 0.05) is 7.05 Å². The number of H-pyrrole nitrogens is 1. The van der Waals surface area contributed by atoms with E-state index in [4.69, 9.17) is 12.2 Å². The monoisotopic (exact) mass is 308 g/mol. The quantitative estimate of drug-likeness (QED) is 0.854. The number of carbonyl (C=O) groups is 1. The van der Waals surface area contributed by atoms with Crippen molar-refractivity contribution in [2.75, 3.05) is 0 Å². The number of aromatic amines is 1. The summed E-state index contributed by atoms with van der Waals surface area (Å²) in [5.41, 5.74) is 0.0138. The Hall–Kier alpha value is -2.02. The number of amides is 1. The van der Waals surface area contributed by atoms with Crippen LogP contribution < -0.4 is 5.32 Å². The molecule has 1 atom stereocenters. The van der Waals surface area contributed by atoms with E-state index in [1.165, 1.54) is 12.1 Å². The summed E-state index contributed by atoms with van der Waals surface area (Å²) in [6.45, 7) is 3.90. The van der Waals surface area contributed by atoms with Crippen molar-refractivity contribution in [1.29, 1.82) is 0 Å². The van der Waals surface area contributed by atoms with Gasteiger partial charge in [0.15, 0.2) is 10.6 Å². The van der Waals surface area contributed by atoms with E-state index in [2.05, 4.69) is 15.5 Å². The van der Waals surface area contributed by atoms with E-state index in [0.29, 0.717) is 10.6 Å². The van der Waals surface area contributed by atoms with Gasteiger partial charge < -0.3 is 9.88 Å². The van der Waals surface area contributed by atoms with Gasteiger partial charge in [-0.15, -0.1) is 0 Å². The molecule has 5 nitrogen and oxygen atoms in total. The van der Waals surface area contributed by atoms with Gasteiger partial charge >= 0.3 is 0 Å². The van der Waals surface area contributed by atoms with Gasteiger partial charge in [-0.3, -0.25) is 9.89 Å². The first-order chi connectivity index (χ1) is 9.91. The third-order valence-corrected chi connectivity index (χ3v) is 3.63. The zero-order valence-corrected chi connectivity index (χ0v) is 12.9. The Morgan fingerprint density at radius 1 is 1.43 bits per heavy atom. The smallest absolute Gasteiger partial charge is 0.254 e. The molecule has 1 aromatic carbocycles. The number of aromatic nitrogens is 3. The third-order valence-electron chi connectivity index (χ3n) is 3.26. The van der Waals surface area contributed by atoms with Crippen molar-refractivity contribution in [2.24, 2.45) is 13.0 Å². The van der Waals surface area contributed by atoms with Crippen LogP contribution in [-0.4, -0.2) is 20.7 Å². The molecule has 0 saturated carbocycles. The lowest BCUT2D eigenvalue weighted by Crippen LogP contribution is -2.34. The number of nitrogens with one attached hydrogen (secondary N) is 2. The Balaban J connectivity index is 2.30. The lowest BCUT2D eigenvalue weighted by atomic mass is 10.0. The number of hydrogen-bond acceptors (Lipinski definition) is 3. The summed E-state index contributed by atoms with van der Waals surface area (Å²) in [6.07, 6.45) is 0. The molecule has 21 heavy (non-hydrogen) atoms. The maximum atomic E-state index is 13.7. The van der Waals surface area contributed by atoms with Crippen molar-refractivity contribution in [3.05, 3.63) is 46.2 Å². The highest BCUT2D eigenvalue weighted by Gasteiger charge is 2.24. The van der Waals surface area contributed by atoms with Gasteiger partial charge in [-0.2, -0.15) is 5.10 Å². The van der Waals surface area contributed by atoms with Crippen LogP contribution in [0.4, 0.5) is 4.39 Å². The Kier molecular flexibility index (Phi) is 4.52. The molecule has 2 rings (SSSR count). The molecule has 1 unspecified atom stereocenters. The standard InChI is InChI=1S/C14H17FN4OS/c1-8(2)11(12-17-18-14(21)19(12)3)16-13(20)9-6-4-5-7-10(9)15/h4-8,11H,1-3H3,(H,16,20)(H,18,21). The summed E-state index contributed by atoms with van der Waals surface area (Å²) in [5, 5.41) is 9.65. The predicted octanol–water partition coefficient (Wildman–Crippen LogP) is 2.74. The largest absolute Gasteiger partial charge is 0.342 e. The summed E-state index contributed by atoms with van der Waals surface area (Å²) >= 11 is 5.08. The Morgan fingerprint density at radius 2 is 2.10 bits per heavy atom. The van der Waals surface area contributed by atoms with Gasteiger partial charge in [0.25, 0.3) is 5.91 Å². The molecule has 112 valence electrons. The lowest BCUT2D eigenvalue weighted by Gasteiger charge is -2.21. The molecule has 1 amide bonds. The van der Waals surface area contributed by atoms with Crippen LogP contribution in [0.15, 0.2) is 24.3 Å². The van der Waals surface area contributed by atoms with Crippen LogP contribution in [0.5, 0.6) is 0 Å². The molecule has 0 aliphatic carbocycles. The molecule has 0 fully saturated rings.